The summed E-state index contributed by atoms with van der Waals surface area (Å²) in [6.45, 7) is 2.13. The highest BCUT2D eigenvalue weighted by Gasteiger charge is 2.69. The smallest absolute Gasteiger partial charge is 0.224 e. The van der Waals surface area contributed by atoms with Crippen LogP contribution in [-0.2, 0) is 16.6 Å². The molecular formula is C22H27ClN2O2. The molecule has 0 aliphatic heterocycles. The summed E-state index contributed by atoms with van der Waals surface area (Å²) in [7, 11) is 4.02. The maximum absolute atomic E-state index is 12.5. The second-order valence-corrected chi connectivity index (χ2v) is 8.53. The summed E-state index contributed by atoms with van der Waals surface area (Å²) in [5.74, 6) is -0.0879. The minimum Gasteiger partial charge on any atom is -0.508 e. The number of likely N-dealkylation sites (N-methyl/N-ethyl adjacent to an activating group) is 1. The highest BCUT2D eigenvalue weighted by atomic mass is 35.5. The molecule has 27 heavy (non-hydrogen) atoms. The second kappa shape index (κ2) is 7.17. The van der Waals surface area contributed by atoms with Gasteiger partial charge in [-0.15, -0.1) is 0 Å². The van der Waals surface area contributed by atoms with Gasteiger partial charge in [-0.25, -0.2) is 0 Å². The highest BCUT2D eigenvalue weighted by Crippen LogP contribution is 2.67. The maximum atomic E-state index is 12.5. The van der Waals surface area contributed by atoms with E-state index in [4.69, 9.17) is 17.3 Å². The van der Waals surface area contributed by atoms with Crippen LogP contribution in [0.15, 0.2) is 48.5 Å². The number of phenolic OH excluding ortho intramolecular Hbond substituents is 1. The van der Waals surface area contributed by atoms with Crippen LogP contribution in [0.4, 0.5) is 0 Å². The number of rotatable bonds is 7. The van der Waals surface area contributed by atoms with E-state index in [1.54, 1.807) is 12.1 Å². The van der Waals surface area contributed by atoms with Crippen LogP contribution < -0.4 is 5.73 Å². The highest BCUT2D eigenvalue weighted by molar-refractivity contribution is 6.31. The average molecular weight is 387 g/mol. The Labute approximate surface area is 165 Å². The van der Waals surface area contributed by atoms with Crippen LogP contribution in [0, 0.1) is 5.41 Å². The summed E-state index contributed by atoms with van der Waals surface area (Å²) >= 11 is 6.31. The molecule has 4 nitrogen and oxygen atoms in total. The fourth-order valence-corrected chi connectivity index (χ4v) is 4.55. The molecule has 5 heteroatoms. The summed E-state index contributed by atoms with van der Waals surface area (Å²) in [6, 6.07) is 15.3. The zero-order valence-electron chi connectivity index (χ0n) is 16.1. The van der Waals surface area contributed by atoms with E-state index in [1.165, 1.54) is 0 Å². The van der Waals surface area contributed by atoms with E-state index in [0.717, 1.165) is 17.5 Å². The Morgan fingerprint density at radius 1 is 1.26 bits per heavy atom. The van der Waals surface area contributed by atoms with Gasteiger partial charge in [0, 0.05) is 16.5 Å². The molecule has 1 aliphatic rings. The molecule has 0 radical (unpaired) electrons. The summed E-state index contributed by atoms with van der Waals surface area (Å²) < 4.78 is 0. The molecule has 0 heterocycles. The van der Waals surface area contributed by atoms with Crippen molar-refractivity contribution in [2.24, 2.45) is 11.1 Å². The molecule has 1 amide bonds. The molecular weight excluding hydrogens is 360 g/mol. The Morgan fingerprint density at radius 3 is 2.48 bits per heavy atom. The Balaban J connectivity index is 1.87. The van der Waals surface area contributed by atoms with Crippen LogP contribution >= 0.6 is 11.6 Å². The predicted octanol–water partition coefficient (Wildman–Crippen LogP) is 3.74. The van der Waals surface area contributed by atoms with Crippen LogP contribution in [0.2, 0.25) is 5.02 Å². The number of hydrogen-bond acceptors (Lipinski definition) is 3. The molecule has 3 atom stereocenters. The largest absolute Gasteiger partial charge is 0.508 e. The molecule has 3 N–H and O–H groups in total. The molecule has 0 spiro atoms. The average Bonchev–Trinajstić information content (AvgIpc) is 3.24. The first kappa shape index (κ1) is 19.7. The lowest BCUT2D eigenvalue weighted by atomic mass is 9.81. The fourth-order valence-electron chi connectivity index (χ4n) is 4.30. The lowest BCUT2D eigenvalue weighted by molar-refractivity contribution is -0.124. The molecule has 0 bridgehead atoms. The van der Waals surface area contributed by atoms with Gasteiger partial charge in [0.1, 0.15) is 5.75 Å². The van der Waals surface area contributed by atoms with Gasteiger partial charge < -0.3 is 15.7 Å². The number of carbonyl (C=O) groups is 1. The first-order chi connectivity index (χ1) is 12.7. The Bertz CT molecular complexity index is 839. The van der Waals surface area contributed by atoms with Crippen molar-refractivity contribution in [2.45, 2.75) is 37.6 Å². The molecule has 2 aromatic carbocycles. The molecule has 0 saturated heterocycles. The van der Waals surface area contributed by atoms with Crippen LogP contribution in [0.5, 0.6) is 5.75 Å². The summed E-state index contributed by atoms with van der Waals surface area (Å²) in [5, 5.41) is 10.1. The molecule has 3 rings (SSSR count). The summed E-state index contributed by atoms with van der Waals surface area (Å²) in [4.78, 5) is 14.7. The van der Waals surface area contributed by atoms with Gasteiger partial charge in [0.25, 0.3) is 0 Å². The van der Waals surface area contributed by atoms with E-state index in [0.29, 0.717) is 17.9 Å². The minimum absolute atomic E-state index is 0.102. The van der Waals surface area contributed by atoms with Crippen molar-refractivity contribution < 1.29 is 9.90 Å². The number of aromatic hydroxyl groups is 1. The van der Waals surface area contributed by atoms with E-state index in [1.807, 2.05) is 38.4 Å². The molecule has 0 aromatic heterocycles. The summed E-state index contributed by atoms with van der Waals surface area (Å²) in [6.07, 6.45) is 2.11. The van der Waals surface area contributed by atoms with Crippen molar-refractivity contribution in [3.05, 3.63) is 64.7 Å². The number of nitrogens with two attached hydrogens (primary N) is 1. The van der Waals surface area contributed by atoms with Crippen molar-refractivity contribution in [3.63, 3.8) is 0 Å². The topological polar surface area (TPSA) is 66.6 Å². The number of nitrogens with zero attached hydrogens (tertiary/aromatic N) is 1. The zero-order valence-corrected chi connectivity index (χ0v) is 16.8. The maximum Gasteiger partial charge on any atom is 0.224 e. The third-order valence-electron chi connectivity index (χ3n) is 6.28. The molecule has 1 aliphatic carbocycles. The van der Waals surface area contributed by atoms with E-state index >= 15 is 0 Å². The van der Waals surface area contributed by atoms with Gasteiger partial charge in [-0.05, 0) is 56.6 Å². The lowest BCUT2D eigenvalue weighted by Gasteiger charge is -2.30. The van der Waals surface area contributed by atoms with Crippen molar-refractivity contribution in [3.8, 4) is 5.75 Å². The van der Waals surface area contributed by atoms with Crippen LogP contribution in [0.25, 0.3) is 0 Å². The monoisotopic (exact) mass is 386 g/mol. The molecule has 144 valence electrons. The lowest BCUT2D eigenvalue weighted by Crippen LogP contribution is -2.40. The first-order valence-electron chi connectivity index (χ1n) is 9.19. The van der Waals surface area contributed by atoms with Gasteiger partial charge in [0.05, 0.1) is 5.41 Å². The van der Waals surface area contributed by atoms with E-state index in [9.17, 15) is 9.90 Å². The Hall–Kier alpha value is -2.04. The molecule has 2 unspecified atom stereocenters. The number of hydrogen-bond donors (Lipinski definition) is 2. The van der Waals surface area contributed by atoms with Crippen molar-refractivity contribution in [1.82, 2.24) is 4.90 Å². The quantitative estimate of drug-likeness (QED) is 0.761. The number of amides is 1. The Morgan fingerprint density at radius 2 is 1.93 bits per heavy atom. The number of benzene rings is 2. The fraction of sp³-hybridized carbons (Fsp3) is 0.409. The molecule has 1 fully saturated rings. The zero-order chi connectivity index (χ0) is 19.8. The van der Waals surface area contributed by atoms with Crippen molar-refractivity contribution in [1.29, 1.82) is 0 Å². The van der Waals surface area contributed by atoms with Crippen LogP contribution in [-0.4, -0.2) is 36.1 Å². The van der Waals surface area contributed by atoms with Gasteiger partial charge in [0.15, 0.2) is 0 Å². The molecule has 2 aromatic rings. The van der Waals surface area contributed by atoms with E-state index in [-0.39, 0.29) is 23.1 Å². The first-order valence-corrected chi connectivity index (χ1v) is 9.57. The van der Waals surface area contributed by atoms with Crippen molar-refractivity contribution >= 4 is 17.5 Å². The van der Waals surface area contributed by atoms with Crippen LogP contribution in [0.1, 0.15) is 30.9 Å². The van der Waals surface area contributed by atoms with E-state index in [2.05, 4.69) is 24.0 Å². The number of halogens is 1. The standard InChI is InChI=1S/C22H27ClN2O2/c1-21(16-7-5-4-6-8-16)14-22(21,20(24)27)13-17(25(2)3)11-15-9-10-18(26)12-19(15)23/h4-10,12,17,26H,11,13-14H2,1-3H3,(H2,24,27)/t17-,21?,22?/m1/s1. The molecule has 1 saturated carbocycles. The number of carbonyl (C=O) groups excluding carboxylic acids is 1. The van der Waals surface area contributed by atoms with Crippen molar-refractivity contribution in [2.75, 3.05) is 14.1 Å². The van der Waals surface area contributed by atoms with Gasteiger partial charge in [-0.3, -0.25) is 4.79 Å². The SMILES string of the molecule is CN(C)[C@H](Cc1ccc(O)cc1Cl)CC1(C(N)=O)CC1(C)c1ccccc1. The Kier molecular flexibility index (Phi) is 5.24. The van der Waals surface area contributed by atoms with Gasteiger partial charge in [-0.1, -0.05) is 54.9 Å². The van der Waals surface area contributed by atoms with Gasteiger partial charge in [0.2, 0.25) is 5.91 Å². The predicted molar refractivity (Wildman–Crippen MR) is 109 cm³/mol. The second-order valence-electron chi connectivity index (χ2n) is 8.12. The normalized spacial score (nSPS) is 25.4. The summed E-state index contributed by atoms with van der Waals surface area (Å²) in [5.41, 5.74) is 7.22. The van der Waals surface area contributed by atoms with Gasteiger partial charge >= 0.3 is 0 Å². The third-order valence-corrected chi connectivity index (χ3v) is 6.63. The van der Waals surface area contributed by atoms with Crippen LogP contribution in [0.3, 0.4) is 0 Å². The number of primary amides is 1. The minimum atomic E-state index is -0.563. The third kappa shape index (κ3) is 3.56. The number of phenols is 1. The van der Waals surface area contributed by atoms with E-state index < -0.39 is 5.41 Å². The van der Waals surface area contributed by atoms with Gasteiger partial charge in [-0.2, -0.15) is 0 Å².